The van der Waals surface area contributed by atoms with Crippen molar-refractivity contribution in [3.8, 4) is 22.9 Å². The lowest BCUT2D eigenvalue weighted by atomic mass is 10.1. The van der Waals surface area contributed by atoms with Crippen LogP contribution in [0.15, 0.2) is 45.4 Å². The van der Waals surface area contributed by atoms with E-state index in [0.29, 0.717) is 29.8 Å². The molecule has 0 bridgehead atoms. The third-order valence-electron chi connectivity index (χ3n) is 3.52. The van der Waals surface area contributed by atoms with Crippen molar-refractivity contribution < 1.29 is 13.8 Å². The summed E-state index contributed by atoms with van der Waals surface area (Å²) < 4.78 is 15.9. The van der Waals surface area contributed by atoms with E-state index in [1.807, 2.05) is 30.3 Å². The zero-order valence-electron chi connectivity index (χ0n) is 11.2. The highest BCUT2D eigenvalue weighted by atomic mass is 16.5. The second-order valence-corrected chi connectivity index (χ2v) is 4.96. The van der Waals surface area contributed by atoms with Gasteiger partial charge in [-0.25, -0.2) is 0 Å². The fourth-order valence-electron chi connectivity index (χ4n) is 2.36. The molecule has 0 radical (unpaired) electrons. The van der Waals surface area contributed by atoms with Crippen molar-refractivity contribution in [2.75, 3.05) is 13.2 Å². The molecule has 0 unspecified atom stereocenters. The molecule has 1 saturated heterocycles. The molecule has 0 aliphatic carbocycles. The quantitative estimate of drug-likeness (QED) is 0.735. The standard InChI is InChI=1S/C15H13N3O3/c1-2-4-10(5-3-1)13-8-12(17-20-13)15-16-14(18-21-15)11-6-7-19-9-11/h1-5,8,11H,6-7,9H2/t11-/m0/s1. The minimum atomic E-state index is 0.211. The molecule has 0 saturated carbocycles. The Labute approximate surface area is 120 Å². The van der Waals surface area contributed by atoms with Gasteiger partial charge in [0.1, 0.15) is 0 Å². The number of rotatable bonds is 3. The molecule has 1 aliphatic rings. The number of hydrogen-bond acceptors (Lipinski definition) is 6. The third-order valence-corrected chi connectivity index (χ3v) is 3.52. The van der Waals surface area contributed by atoms with Crippen LogP contribution in [0.2, 0.25) is 0 Å². The summed E-state index contributed by atoms with van der Waals surface area (Å²) >= 11 is 0. The van der Waals surface area contributed by atoms with Crippen molar-refractivity contribution >= 4 is 0 Å². The van der Waals surface area contributed by atoms with Gasteiger partial charge in [0.25, 0.3) is 5.89 Å². The van der Waals surface area contributed by atoms with E-state index in [2.05, 4.69) is 15.3 Å². The molecular weight excluding hydrogens is 270 g/mol. The van der Waals surface area contributed by atoms with Gasteiger partial charge in [-0.15, -0.1) is 0 Å². The van der Waals surface area contributed by atoms with Crippen LogP contribution in [0, 0.1) is 0 Å². The number of benzene rings is 1. The minimum Gasteiger partial charge on any atom is -0.381 e. The maximum absolute atomic E-state index is 5.34. The zero-order chi connectivity index (χ0) is 14.1. The van der Waals surface area contributed by atoms with Crippen LogP contribution < -0.4 is 0 Å². The zero-order valence-corrected chi connectivity index (χ0v) is 11.2. The molecular formula is C15H13N3O3. The number of ether oxygens (including phenoxy) is 1. The van der Waals surface area contributed by atoms with Gasteiger partial charge in [-0.2, -0.15) is 4.98 Å². The summed E-state index contributed by atoms with van der Waals surface area (Å²) in [6.45, 7) is 1.39. The van der Waals surface area contributed by atoms with E-state index in [0.717, 1.165) is 18.6 Å². The van der Waals surface area contributed by atoms with E-state index in [4.69, 9.17) is 13.8 Å². The van der Waals surface area contributed by atoms with Crippen LogP contribution in [0.1, 0.15) is 18.2 Å². The fraction of sp³-hybridized carbons (Fsp3) is 0.267. The second kappa shape index (κ2) is 5.14. The van der Waals surface area contributed by atoms with Gasteiger partial charge in [0.15, 0.2) is 17.3 Å². The Morgan fingerprint density at radius 3 is 2.76 bits per heavy atom. The Morgan fingerprint density at radius 1 is 1.05 bits per heavy atom. The topological polar surface area (TPSA) is 74.2 Å². The summed E-state index contributed by atoms with van der Waals surface area (Å²) in [5.74, 6) is 1.94. The maximum Gasteiger partial charge on any atom is 0.280 e. The Morgan fingerprint density at radius 2 is 1.95 bits per heavy atom. The highest BCUT2D eigenvalue weighted by molar-refractivity contribution is 5.62. The van der Waals surface area contributed by atoms with Crippen LogP contribution in [0.4, 0.5) is 0 Å². The molecule has 3 aromatic rings. The molecule has 1 fully saturated rings. The SMILES string of the molecule is c1ccc(-c2cc(-c3nc([C@H]4CCOC4)no3)no2)cc1. The summed E-state index contributed by atoms with van der Waals surface area (Å²) in [5, 5.41) is 8.01. The second-order valence-electron chi connectivity index (χ2n) is 4.96. The first kappa shape index (κ1) is 12.3. The predicted molar refractivity (Wildman–Crippen MR) is 73.4 cm³/mol. The average molecular weight is 283 g/mol. The first-order valence-electron chi connectivity index (χ1n) is 6.84. The normalized spacial score (nSPS) is 18.2. The number of hydrogen-bond donors (Lipinski definition) is 0. The molecule has 3 heterocycles. The molecule has 21 heavy (non-hydrogen) atoms. The van der Waals surface area contributed by atoms with Crippen molar-refractivity contribution in [1.29, 1.82) is 0 Å². The van der Waals surface area contributed by atoms with Crippen LogP contribution >= 0.6 is 0 Å². The van der Waals surface area contributed by atoms with E-state index < -0.39 is 0 Å². The molecule has 6 heteroatoms. The van der Waals surface area contributed by atoms with Gasteiger partial charge in [0.05, 0.1) is 6.61 Å². The molecule has 0 amide bonds. The monoisotopic (exact) mass is 283 g/mol. The van der Waals surface area contributed by atoms with E-state index in [1.54, 1.807) is 6.07 Å². The van der Waals surface area contributed by atoms with Gasteiger partial charge in [0.2, 0.25) is 0 Å². The lowest BCUT2D eigenvalue weighted by molar-refractivity contribution is 0.192. The van der Waals surface area contributed by atoms with Crippen LogP contribution in [0.3, 0.4) is 0 Å². The van der Waals surface area contributed by atoms with Crippen molar-refractivity contribution in [3.05, 3.63) is 42.2 Å². The first-order valence-corrected chi connectivity index (χ1v) is 6.84. The highest BCUT2D eigenvalue weighted by Crippen LogP contribution is 2.27. The van der Waals surface area contributed by atoms with Crippen LogP contribution in [-0.2, 0) is 4.74 Å². The molecule has 4 rings (SSSR count). The Bertz CT molecular complexity index is 729. The summed E-state index contributed by atoms with van der Waals surface area (Å²) in [4.78, 5) is 4.39. The van der Waals surface area contributed by atoms with E-state index >= 15 is 0 Å². The smallest absolute Gasteiger partial charge is 0.280 e. The Kier molecular flexibility index (Phi) is 3.01. The molecule has 106 valence electrons. The molecule has 1 aromatic carbocycles. The average Bonchev–Trinajstić information content (AvgIpc) is 3.27. The Hall–Kier alpha value is -2.47. The minimum absolute atomic E-state index is 0.211. The predicted octanol–water partition coefficient (Wildman–Crippen LogP) is 2.90. The van der Waals surface area contributed by atoms with E-state index in [1.165, 1.54) is 0 Å². The molecule has 0 N–H and O–H groups in total. The van der Waals surface area contributed by atoms with Crippen LogP contribution in [-0.4, -0.2) is 28.5 Å². The van der Waals surface area contributed by atoms with Gasteiger partial charge in [-0.05, 0) is 6.42 Å². The molecule has 1 atom stereocenters. The van der Waals surface area contributed by atoms with Gasteiger partial charge in [-0.3, -0.25) is 0 Å². The third kappa shape index (κ3) is 2.34. The van der Waals surface area contributed by atoms with Crippen molar-refractivity contribution in [3.63, 3.8) is 0 Å². The molecule has 2 aromatic heterocycles. The summed E-state index contributed by atoms with van der Waals surface area (Å²) in [7, 11) is 0. The summed E-state index contributed by atoms with van der Waals surface area (Å²) in [6, 6.07) is 11.6. The van der Waals surface area contributed by atoms with Crippen LogP contribution in [0.5, 0.6) is 0 Å². The lowest BCUT2D eigenvalue weighted by Gasteiger charge is -1.97. The number of nitrogens with zero attached hydrogens (tertiary/aromatic N) is 3. The van der Waals surface area contributed by atoms with E-state index in [-0.39, 0.29) is 5.92 Å². The van der Waals surface area contributed by atoms with Crippen LogP contribution in [0.25, 0.3) is 22.9 Å². The summed E-state index contributed by atoms with van der Waals surface area (Å²) in [5.41, 5.74) is 1.51. The van der Waals surface area contributed by atoms with Crippen molar-refractivity contribution in [2.24, 2.45) is 0 Å². The molecule has 1 aliphatic heterocycles. The number of aromatic nitrogens is 3. The fourth-order valence-corrected chi connectivity index (χ4v) is 2.36. The van der Waals surface area contributed by atoms with E-state index in [9.17, 15) is 0 Å². The van der Waals surface area contributed by atoms with Crippen molar-refractivity contribution in [1.82, 2.24) is 15.3 Å². The lowest BCUT2D eigenvalue weighted by Crippen LogP contribution is -1.99. The van der Waals surface area contributed by atoms with Gasteiger partial charge >= 0.3 is 0 Å². The maximum atomic E-state index is 5.34. The van der Waals surface area contributed by atoms with Gasteiger partial charge in [0, 0.05) is 24.2 Å². The summed E-state index contributed by atoms with van der Waals surface area (Å²) in [6.07, 6.45) is 0.924. The van der Waals surface area contributed by atoms with Gasteiger partial charge in [-0.1, -0.05) is 40.6 Å². The van der Waals surface area contributed by atoms with Gasteiger partial charge < -0.3 is 13.8 Å². The largest absolute Gasteiger partial charge is 0.381 e. The molecule has 0 spiro atoms. The highest BCUT2D eigenvalue weighted by Gasteiger charge is 2.24. The first-order chi connectivity index (χ1) is 10.4. The molecule has 6 nitrogen and oxygen atoms in total. The Balaban J connectivity index is 1.61. The van der Waals surface area contributed by atoms with Crippen molar-refractivity contribution in [2.45, 2.75) is 12.3 Å².